The number of hydrogen-bond acceptors (Lipinski definition) is 2. The Bertz CT molecular complexity index is 271. The maximum atomic E-state index is 11.5. The largest absolute Gasteiger partial charge is 0.356 e. The van der Waals surface area contributed by atoms with Crippen molar-refractivity contribution >= 4 is 11.8 Å². The Kier molecular flexibility index (Phi) is 10.1. The summed E-state index contributed by atoms with van der Waals surface area (Å²) in [6.07, 6.45) is 5.80. The van der Waals surface area contributed by atoms with Gasteiger partial charge in [0.25, 0.3) is 0 Å². The molecule has 0 bridgehead atoms. The van der Waals surface area contributed by atoms with Gasteiger partial charge in [0, 0.05) is 27.3 Å². The van der Waals surface area contributed by atoms with Gasteiger partial charge >= 0.3 is 0 Å². The molecule has 0 unspecified atom stereocenters. The fourth-order valence-corrected chi connectivity index (χ4v) is 1.62. The molecule has 0 aromatic heterocycles. The van der Waals surface area contributed by atoms with E-state index in [-0.39, 0.29) is 11.8 Å². The minimum atomic E-state index is -0.00495. The lowest BCUT2D eigenvalue weighted by Crippen LogP contribution is -2.31. The van der Waals surface area contributed by atoms with E-state index in [1.165, 1.54) is 0 Å². The van der Waals surface area contributed by atoms with Crippen LogP contribution in [0.25, 0.3) is 0 Å². The molecule has 2 N–H and O–H groups in total. The van der Waals surface area contributed by atoms with E-state index in [4.69, 9.17) is 1.37 Å². The molecule has 0 aromatic carbocycles. The predicted octanol–water partition coefficient (Wildman–Crippen LogP) is 2.63. The van der Waals surface area contributed by atoms with Crippen molar-refractivity contribution in [1.82, 2.24) is 10.6 Å². The molecule has 0 aliphatic rings. The van der Waals surface area contributed by atoms with Crippen LogP contribution < -0.4 is 10.6 Å². The minimum Gasteiger partial charge on any atom is -0.356 e. The van der Waals surface area contributed by atoms with E-state index in [1.54, 1.807) is 0 Å². The average Bonchev–Trinajstić information content (AvgIpc) is 2.40. The summed E-state index contributed by atoms with van der Waals surface area (Å²) in [6, 6.07) is 0. The highest BCUT2D eigenvalue weighted by Gasteiger charge is 2.04. The van der Waals surface area contributed by atoms with Gasteiger partial charge in [-0.05, 0) is 18.8 Å². The standard InChI is InChI=1S/C15H30N2O2/c1-4-5-6-7-11-16-15(19)10-12-17-14(18)9-8-13(2)3/h13H,4-12H2,1-3H3,(H,16,19)(H,17,18)/i1T. The minimum absolute atomic E-state index is 0.00495. The van der Waals surface area contributed by atoms with Crippen LogP contribution in [0.2, 0.25) is 0 Å². The van der Waals surface area contributed by atoms with Crippen LogP contribution >= 0.6 is 0 Å². The third kappa shape index (κ3) is 13.2. The quantitative estimate of drug-likeness (QED) is 0.568. The fraction of sp³-hybridized carbons (Fsp3) is 0.867. The molecule has 4 heteroatoms. The Morgan fingerprint density at radius 3 is 2.37 bits per heavy atom. The van der Waals surface area contributed by atoms with E-state index in [2.05, 4.69) is 24.5 Å². The van der Waals surface area contributed by atoms with Gasteiger partial charge in [-0.15, -0.1) is 0 Å². The number of unbranched alkanes of at least 4 members (excludes halogenated alkanes) is 3. The summed E-state index contributed by atoms with van der Waals surface area (Å²) in [7, 11) is 0. The monoisotopic (exact) mass is 272 g/mol. The van der Waals surface area contributed by atoms with Crippen LogP contribution in [-0.2, 0) is 9.59 Å². The number of rotatable bonds is 11. The molecular weight excluding hydrogens is 240 g/mol. The number of amides is 2. The second-order valence-electron chi connectivity index (χ2n) is 5.30. The summed E-state index contributed by atoms with van der Waals surface area (Å²) in [5.74, 6) is 0.552. The van der Waals surface area contributed by atoms with Crippen molar-refractivity contribution in [3.05, 3.63) is 0 Å². The first-order valence-electron chi connectivity index (χ1n) is 8.09. The van der Waals surface area contributed by atoms with E-state index < -0.39 is 0 Å². The van der Waals surface area contributed by atoms with Gasteiger partial charge < -0.3 is 10.6 Å². The van der Waals surface area contributed by atoms with Crippen molar-refractivity contribution in [2.75, 3.05) is 13.1 Å². The summed E-state index contributed by atoms with van der Waals surface area (Å²) < 4.78 is 7.01. The molecule has 0 radical (unpaired) electrons. The molecule has 0 saturated heterocycles. The highest BCUT2D eigenvalue weighted by atomic mass is 16.2. The Morgan fingerprint density at radius 2 is 1.68 bits per heavy atom. The Morgan fingerprint density at radius 1 is 1.00 bits per heavy atom. The molecule has 19 heavy (non-hydrogen) atoms. The average molecular weight is 272 g/mol. The Labute approximate surface area is 119 Å². The van der Waals surface area contributed by atoms with Gasteiger partial charge in [0.2, 0.25) is 11.8 Å². The van der Waals surface area contributed by atoms with Gasteiger partial charge in [-0.25, -0.2) is 0 Å². The molecule has 0 heterocycles. The van der Waals surface area contributed by atoms with Crippen LogP contribution in [0, 0.1) is 5.92 Å². The number of nitrogens with one attached hydrogen (secondary N) is 2. The van der Waals surface area contributed by atoms with E-state index in [1.807, 2.05) is 0 Å². The van der Waals surface area contributed by atoms with Gasteiger partial charge in [0.05, 0.1) is 0 Å². The summed E-state index contributed by atoms with van der Waals surface area (Å²) in [5.41, 5.74) is 0. The van der Waals surface area contributed by atoms with Crippen LogP contribution in [0.5, 0.6) is 0 Å². The van der Waals surface area contributed by atoms with Crippen LogP contribution in [0.15, 0.2) is 0 Å². The Hall–Kier alpha value is -1.06. The lowest BCUT2D eigenvalue weighted by Gasteiger charge is -2.07. The van der Waals surface area contributed by atoms with Crippen molar-refractivity contribution in [1.29, 1.82) is 0 Å². The maximum absolute atomic E-state index is 11.5. The third-order valence-corrected chi connectivity index (χ3v) is 2.87. The van der Waals surface area contributed by atoms with Gasteiger partial charge in [0.15, 0.2) is 0 Å². The van der Waals surface area contributed by atoms with Gasteiger partial charge in [0.1, 0.15) is 0 Å². The summed E-state index contributed by atoms with van der Waals surface area (Å²) in [4.78, 5) is 22.9. The first-order chi connectivity index (χ1) is 9.56. The molecule has 112 valence electrons. The first kappa shape index (κ1) is 16.0. The molecule has 0 spiro atoms. The molecule has 0 atom stereocenters. The van der Waals surface area contributed by atoms with E-state index in [0.717, 1.165) is 32.1 Å². The van der Waals surface area contributed by atoms with Crippen molar-refractivity contribution in [3.63, 3.8) is 0 Å². The van der Waals surface area contributed by atoms with Crippen molar-refractivity contribution < 1.29 is 11.0 Å². The topological polar surface area (TPSA) is 58.2 Å². The lowest BCUT2D eigenvalue weighted by molar-refractivity contribution is -0.122. The molecule has 0 aliphatic carbocycles. The molecule has 0 fully saturated rings. The molecule has 0 aromatic rings. The van der Waals surface area contributed by atoms with Crippen LogP contribution in [0.1, 0.15) is 67.1 Å². The number of carbonyl (C=O) groups excluding carboxylic acids is 2. The molecular formula is C15H30N2O2. The highest BCUT2D eigenvalue weighted by molar-refractivity contribution is 5.78. The second-order valence-corrected chi connectivity index (χ2v) is 5.30. The summed E-state index contributed by atoms with van der Waals surface area (Å²) >= 11 is 0. The van der Waals surface area contributed by atoms with E-state index in [9.17, 15) is 9.59 Å². The van der Waals surface area contributed by atoms with Crippen LogP contribution in [0.3, 0.4) is 0 Å². The molecule has 2 amide bonds. The second kappa shape index (κ2) is 12.0. The van der Waals surface area contributed by atoms with Crippen molar-refractivity contribution in [2.24, 2.45) is 5.92 Å². The normalized spacial score (nSPS) is 11.2. The maximum Gasteiger partial charge on any atom is 0.221 e. The van der Waals surface area contributed by atoms with Crippen molar-refractivity contribution in [2.45, 2.75) is 65.7 Å². The number of hydrogen-bond donors (Lipinski definition) is 2. The third-order valence-electron chi connectivity index (χ3n) is 2.87. The van der Waals surface area contributed by atoms with Crippen LogP contribution in [-0.4, -0.2) is 24.9 Å². The fourth-order valence-electron chi connectivity index (χ4n) is 1.62. The molecule has 0 saturated carbocycles. The zero-order valence-electron chi connectivity index (χ0n) is 13.5. The lowest BCUT2D eigenvalue weighted by atomic mass is 10.1. The van der Waals surface area contributed by atoms with Gasteiger partial charge in [-0.2, -0.15) is 0 Å². The molecule has 4 nitrogen and oxygen atoms in total. The predicted molar refractivity (Wildman–Crippen MR) is 78.9 cm³/mol. The van der Waals surface area contributed by atoms with Crippen LogP contribution in [0.4, 0.5) is 0 Å². The summed E-state index contributed by atoms with van der Waals surface area (Å²) in [5, 5.41) is 5.61. The summed E-state index contributed by atoms with van der Waals surface area (Å²) in [6.45, 7) is 5.78. The molecule has 0 aliphatic heterocycles. The van der Waals surface area contributed by atoms with E-state index >= 15 is 0 Å². The smallest absolute Gasteiger partial charge is 0.221 e. The van der Waals surface area contributed by atoms with Crippen molar-refractivity contribution in [3.8, 4) is 0 Å². The van der Waals surface area contributed by atoms with Gasteiger partial charge in [-0.3, -0.25) is 9.59 Å². The van der Waals surface area contributed by atoms with E-state index in [0.29, 0.717) is 38.7 Å². The zero-order valence-corrected chi connectivity index (χ0v) is 12.5. The number of carbonyl (C=O) groups is 2. The zero-order chi connectivity index (χ0) is 15.2. The molecule has 0 rings (SSSR count). The Balaban J connectivity index is 3.38. The first-order valence-corrected chi connectivity index (χ1v) is 7.39. The highest BCUT2D eigenvalue weighted by Crippen LogP contribution is 2.02. The van der Waals surface area contributed by atoms with Gasteiger partial charge in [-0.1, -0.05) is 40.0 Å². The SMILES string of the molecule is [3H]CCCCCCNC(=O)CCNC(=O)CCC(C)C.